The molecule has 1 heterocycles. The average Bonchev–Trinajstić information content (AvgIpc) is 2.62. The van der Waals surface area contributed by atoms with Crippen LogP contribution in [0.1, 0.15) is 18.1 Å². The molecule has 0 atom stereocenters. The van der Waals surface area contributed by atoms with E-state index in [9.17, 15) is 0 Å². The highest BCUT2D eigenvalue weighted by Crippen LogP contribution is 2.19. The maximum absolute atomic E-state index is 8.86. The number of nitriles is 1. The van der Waals surface area contributed by atoms with Gasteiger partial charge in [0, 0.05) is 6.54 Å². The molecule has 70 valence electrons. The second-order valence-electron chi connectivity index (χ2n) is 3.25. The standard InChI is InChI=1S/C11H11N3/c1-3-14-7-13-11-8(2)9(6-12)4-5-10(11)14/h4-5,7H,3H2,1-2H3. The van der Waals surface area contributed by atoms with Gasteiger partial charge in [0.1, 0.15) is 0 Å². The largest absolute Gasteiger partial charge is 0.331 e. The number of fused-ring (bicyclic) bond motifs is 1. The summed E-state index contributed by atoms with van der Waals surface area (Å²) in [6.45, 7) is 4.92. The molecule has 0 aliphatic carbocycles. The SMILES string of the molecule is CCn1cnc2c(C)c(C#N)ccc21. The van der Waals surface area contributed by atoms with Crippen molar-refractivity contribution in [2.75, 3.05) is 0 Å². The molecule has 0 fully saturated rings. The van der Waals surface area contributed by atoms with Crippen molar-refractivity contribution in [2.24, 2.45) is 0 Å². The minimum absolute atomic E-state index is 0.707. The number of hydrogen-bond donors (Lipinski definition) is 0. The maximum atomic E-state index is 8.86. The van der Waals surface area contributed by atoms with E-state index < -0.39 is 0 Å². The molecule has 0 radical (unpaired) electrons. The highest BCUT2D eigenvalue weighted by atomic mass is 15.0. The lowest BCUT2D eigenvalue weighted by Crippen LogP contribution is -1.91. The second kappa shape index (κ2) is 3.15. The van der Waals surface area contributed by atoms with Gasteiger partial charge >= 0.3 is 0 Å². The van der Waals surface area contributed by atoms with Crippen LogP contribution in [0.5, 0.6) is 0 Å². The molecule has 0 saturated heterocycles. The summed E-state index contributed by atoms with van der Waals surface area (Å²) < 4.78 is 2.07. The predicted molar refractivity (Wildman–Crippen MR) is 54.9 cm³/mol. The van der Waals surface area contributed by atoms with Crippen molar-refractivity contribution in [3.05, 3.63) is 29.6 Å². The van der Waals surface area contributed by atoms with Gasteiger partial charge in [-0.2, -0.15) is 5.26 Å². The Bertz CT molecular complexity index is 517. The van der Waals surface area contributed by atoms with E-state index in [-0.39, 0.29) is 0 Å². The third-order valence-electron chi connectivity index (χ3n) is 2.51. The van der Waals surface area contributed by atoms with Crippen molar-refractivity contribution < 1.29 is 0 Å². The third-order valence-corrected chi connectivity index (χ3v) is 2.51. The summed E-state index contributed by atoms with van der Waals surface area (Å²) in [6, 6.07) is 5.97. The van der Waals surface area contributed by atoms with Crippen molar-refractivity contribution in [2.45, 2.75) is 20.4 Å². The number of aryl methyl sites for hydroxylation is 2. The van der Waals surface area contributed by atoms with Crippen molar-refractivity contribution in [1.82, 2.24) is 9.55 Å². The van der Waals surface area contributed by atoms with Crippen LogP contribution in [0.4, 0.5) is 0 Å². The molecule has 1 aromatic heterocycles. The molecule has 0 spiro atoms. The molecule has 0 saturated carbocycles. The first-order valence-electron chi connectivity index (χ1n) is 4.62. The van der Waals surface area contributed by atoms with Crippen LogP contribution in [0.15, 0.2) is 18.5 Å². The Kier molecular flexibility index (Phi) is 1.97. The van der Waals surface area contributed by atoms with Crippen LogP contribution >= 0.6 is 0 Å². The Morgan fingerprint density at radius 2 is 2.29 bits per heavy atom. The van der Waals surface area contributed by atoms with Crippen LogP contribution in [0, 0.1) is 18.3 Å². The van der Waals surface area contributed by atoms with Crippen LogP contribution in [0.25, 0.3) is 11.0 Å². The Labute approximate surface area is 82.6 Å². The quantitative estimate of drug-likeness (QED) is 0.683. The summed E-state index contributed by atoms with van der Waals surface area (Å²) >= 11 is 0. The van der Waals surface area contributed by atoms with Gasteiger partial charge in [0.15, 0.2) is 0 Å². The Balaban J connectivity index is 2.80. The normalized spacial score (nSPS) is 10.4. The second-order valence-corrected chi connectivity index (χ2v) is 3.25. The summed E-state index contributed by atoms with van der Waals surface area (Å²) in [6.07, 6.45) is 1.82. The summed E-state index contributed by atoms with van der Waals surface area (Å²) in [7, 11) is 0. The van der Waals surface area contributed by atoms with Crippen LogP contribution in [-0.4, -0.2) is 9.55 Å². The average molecular weight is 185 g/mol. The lowest BCUT2D eigenvalue weighted by atomic mass is 10.1. The molecule has 0 amide bonds. The predicted octanol–water partition coefficient (Wildman–Crippen LogP) is 2.24. The summed E-state index contributed by atoms with van der Waals surface area (Å²) in [5.41, 5.74) is 3.71. The van der Waals surface area contributed by atoms with E-state index in [1.807, 2.05) is 25.4 Å². The van der Waals surface area contributed by atoms with Crippen LogP contribution in [0.3, 0.4) is 0 Å². The molecular weight excluding hydrogens is 174 g/mol. The summed E-state index contributed by atoms with van der Waals surface area (Å²) in [5, 5.41) is 8.86. The van der Waals surface area contributed by atoms with Gasteiger partial charge in [-0.15, -0.1) is 0 Å². The minimum atomic E-state index is 0.707. The van der Waals surface area contributed by atoms with Gasteiger partial charge < -0.3 is 4.57 Å². The number of imidazole rings is 1. The summed E-state index contributed by atoms with van der Waals surface area (Å²) in [5.74, 6) is 0. The Hall–Kier alpha value is -1.82. The molecule has 3 nitrogen and oxygen atoms in total. The van der Waals surface area contributed by atoms with Gasteiger partial charge in [0.25, 0.3) is 0 Å². The van der Waals surface area contributed by atoms with Gasteiger partial charge in [-0.1, -0.05) is 0 Å². The van der Waals surface area contributed by atoms with Crippen molar-refractivity contribution in [3.63, 3.8) is 0 Å². The van der Waals surface area contributed by atoms with Crippen molar-refractivity contribution in [1.29, 1.82) is 5.26 Å². The minimum Gasteiger partial charge on any atom is -0.331 e. The van der Waals surface area contributed by atoms with Gasteiger partial charge in [-0.3, -0.25) is 0 Å². The van der Waals surface area contributed by atoms with E-state index >= 15 is 0 Å². The lowest BCUT2D eigenvalue weighted by Gasteiger charge is -2.01. The zero-order valence-electron chi connectivity index (χ0n) is 8.28. The first-order valence-corrected chi connectivity index (χ1v) is 4.62. The molecular formula is C11H11N3. The molecule has 2 rings (SSSR count). The van der Waals surface area contributed by atoms with E-state index in [0.29, 0.717) is 5.56 Å². The topological polar surface area (TPSA) is 41.6 Å². The number of benzene rings is 1. The molecule has 14 heavy (non-hydrogen) atoms. The fourth-order valence-corrected chi connectivity index (χ4v) is 1.64. The monoisotopic (exact) mass is 185 g/mol. The fourth-order valence-electron chi connectivity index (χ4n) is 1.64. The maximum Gasteiger partial charge on any atom is 0.0995 e. The van der Waals surface area contributed by atoms with E-state index in [1.54, 1.807) is 0 Å². The molecule has 0 bridgehead atoms. The first kappa shape index (κ1) is 8.76. The van der Waals surface area contributed by atoms with Crippen LogP contribution in [-0.2, 0) is 6.54 Å². The zero-order valence-corrected chi connectivity index (χ0v) is 8.28. The smallest absolute Gasteiger partial charge is 0.0995 e. The molecule has 1 aromatic carbocycles. The van der Waals surface area contributed by atoms with Gasteiger partial charge in [-0.05, 0) is 31.5 Å². The van der Waals surface area contributed by atoms with E-state index in [1.165, 1.54) is 0 Å². The molecule has 0 aliphatic rings. The molecule has 2 aromatic rings. The molecule has 3 heteroatoms. The Morgan fingerprint density at radius 1 is 1.50 bits per heavy atom. The number of rotatable bonds is 1. The Morgan fingerprint density at radius 3 is 2.93 bits per heavy atom. The molecule has 0 unspecified atom stereocenters. The van der Waals surface area contributed by atoms with E-state index in [2.05, 4.69) is 22.5 Å². The number of nitrogens with zero attached hydrogens (tertiary/aromatic N) is 3. The van der Waals surface area contributed by atoms with E-state index in [4.69, 9.17) is 5.26 Å². The fraction of sp³-hybridized carbons (Fsp3) is 0.273. The summed E-state index contributed by atoms with van der Waals surface area (Å²) in [4.78, 5) is 4.31. The van der Waals surface area contributed by atoms with E-state index in [0.717, 1.165) is 23.1 Å². The van der Waals surface area contributed by atoms with Gasteiger partial charge in [0.05, 0.1) is 29.0 Å². The third kappa shape index (κ3) is 1.08. The molecule has 0 N–H and O–H groups in total. The number of hydrogen-bond acceptors (Lipinski definition) is 2. The van der Waals surface area contributed by atoms with Crippen molar-refractivity contribution in [3.8, 4) is 6.07 Å². The number of aromatic nitrogens is 2. The van der Waals surface area contributed by atoms with Crippen molar-refractivity contribution >= 4 is 11.0 Å². The highest BCUT2D eigenvalue weighted by Gasteiger charge is 2.07. The molecule has 0 aliphatic heterocycles. The first-order chi connectivity index (χ1) is 6.77. The van der Waals surface area contributed by atoms with Crippen LogP contribution < -0.4 is 0 Å². The lowest BCUT2D eigenvalue weighted by molar-refractivity contribution is 0.787. The van der Waals surface area contributed by atoms with Gasteiger partial charge in [0.2, 0.25) is 0 Å². The zero-order chi connectivity index (χ0) is 10.1. The van der Waals surface area contributed by atoms with Crippen LogP contribution in [0.2, 0.25) is 0 Å². The van der Waals surface area contributed by atoms with Gasteiger partial charge in [-0.25, -0.2) is 4.98 Å². The highest BCUT2D eigenvalue weighted by molar-refractivity contribution is 5.81.